The van der Waals surface area contributed by atoms with Gasteiger partial charge in [-0.05, 0) is 64.4 Å². The molecule has 8 heteroatoms. The molecule has 0 radical (unpaired) electrons. The second kappa shape index (κ2) is 10.3. The maximum atomic E-state index is 12.9. The van der Waals surface area contributed by atoms with Crippen molar-refractivity contribution in [3.8, 4) is 11.5 Å². The van der Waals surface area contributed by atoms with Crippen LogP contribution in [0.5, 0.6) is 11.5 Å². The van der Waals surface area contributed by atoms with Gasteiger partial charge in [0.1, 0.15) is 12.4 Å². The number of hydrogen-bond acceptors (Lipinski definition) is 5. The van der Waals surface area contributed by atoms with Gasteiger partial charge in [-0.3, -0.25) is 15.1 Å². The molecule has 0 atom stereocenters. The molecule has 2 heterocycles. The third-order valence-corrected chi connectivity index (χ3v) is 7.34. The van der Waals surface area contributed by atoms with E-state index in [1.807, 2.05) is 73.0 Å². The highest BCUT2D eigenvalue weighted by Gasteiger charge is 2.36. The number of ether oxygens (including phenoxy) is 2. The number of nitrogens with zero attached hydrogens (tertiary/aromatic N) is 2. The lowest BCUT2D eigenvalue weighted by molar-refractivity contribution is -0.114. The molecule has 3 aromatic rings. The molecule has 1 N–H and O–H groups in total. The fourth-order valence-corrected chi connectivity index (χ4v) is 5.67. The summed E-state index contributed by atoms with van der Waals surface area (Å²) in [5.74, 6) is 0.855. The lowest BCUT2D eigenvalue weighted by Gasteiger charge is -2.27. The van der Waals surface area contributed by atoms with E-state index in [1.54, 1.807) is 18.1 Å². The number of aliphatic imine (C=N–C) groups is 1. The zero-order chi connectivity index (χ0) is 25.2. The average Bonchev–Trinajstić information content (AvgIpc) is 3.30. The summed E-state index contributed by atoms with van der Waals surface area (Å²) >= 11 is 3.55. The van der Waals surface area contributed by atoms with Gasteiger partial charge < -0.3 is 9.47 Å². The van der Waals surface area contributed by atoms with E-state index in [9.17, 15) is 4.79 Å². The molecule has 180 valence electrons. The number of methoxy groups -OCH3 is 1. The molecule has 36 heavy (non-hydrogen) atoms. The number of aryl methyl sites for hydroxylation is 1. The maximum Gasteiger partial charge on any atom is 0.283 e. The van der Waals surface area contributed by atoms with E-state index in [-0.39, 0.29) is 11.4 Å². The van der Waals surface area contributed by atoms with E-state index in [0.717, 1.165) is 26.0 Å². The van der Waals surface area contributed by atoms with Crippen LogP contribution in [0.3, 0.4) is 0 Å². The van der Waals surface area contributed by atoms with Gasteiger partial charge in [0.05, 0.1) is 22.0 Å². The Labute approximate surface area is 227 Å². The lowest BCUT2D eigenvalue weighted by atomic mass is 10.1. The van der Waals surface area contributed by atoms with E-state index in [2.05, 4.69) is 33.6 Å². The van der Waals surface area contributed by atoms with E-state index < -0.39 is 5.91 Å². The number of thioether (sulfide) groups is 1. The zero-order valence-corrected chi connectivity index (χ0v) is 22.6. The molecule has 0 aliphatic carbocycles. The highest BCUT2D eigenvalue weighted by atomic mass is 127. The van der Waals surface area contributed by atoms with Crippen LogP contribution in [-0.2, 0) is 11.4 Å². The lowest BCUT2D eigenvalue weighted by Crippen LogP contribution is -2.38. The van der Waals surface area contributed by atoms with Gasteiger partial charge in [-0.1, -0.05) is 71.9 Å². The van der Waals surface area contributed by atoms with E-state index >= 15 is 0 Å². The zero-order valence-electron chi connectivity index (χ0n) is 19.6. The van der Waals surface area contributed by atoms with Crippen molar-refractivity contribution in [1.82, 2.24) is 4.90 Å². The van der Waals surface area contributed by atoms with Gasteiger partial charge in [0.2, 0.25) is 0 Å². The van der Waals surface area contributed by atoms with Crippen molar-refractivity contribution >= 4 is 63.0 Å². The molecule has 0 saturated carbocycles. The summed E-state index contributed by atoms with van der Waals surface area (Å²) < 4.78 is 12.6. The number of amidine groups is 2. The number of halogens is 1. The Morgan fingerprint density at radius 1 is 1.11 bits per heavy atom. The van der Waals surface area contributed by atoms with Gasteiger partial charge in [0.15, 0.2) is 16.7 Å². The number of amides is 1. The second-order valence-electron chi connectivity index (χ2n) is 8.24. The molecule has 0 bridgehead atoms. The fourth-order valence-electron chi connectivity index (χ4n) is 4.00. The minimum absolute atomic E-state index is 0.0962. The van der Waals surface area contributed by atoms with Crippen molar-refractivity contribution < 1.29 is 14.3 Å². The summed E-state index contributed by atoms with van der Waals surface area (Å²) in [6, 6.07) is 21.7. The van der Waals surface area contributed by atoms with Crippen molar-refractivity contribution in [3.63, 3.8) is 0 Å². The molecule has 0 fully saturated rings. The van der Waals surface area contributed by atoms with Crippen LogP contribution in [0, 0.1) is 15.9 Å². The van der Waals surface area contributed by atoms with Crippen LogP contribution in [0.1, 0.15) is 22.3 Å². The molecule has 0 unspecified atom stereocenters. The Morgan fingerprint density at radius 3 is 2.67 bits per heavy atom. The smallest absolute Gasteiger partial charge is 0.283 e. The minimum Gasteiger partial charge on any atom is -0.493 e. The van der Waals surface area contributed by atoms with E-state index in [4.69, 9.17) is 14.9 Å². The van der Waals surface area contributed by atoms with Crippen LogP contribution < -0.4 is 9.47 Å². The largest absolute Gasteiger partial charge is 0.493 e. The number of fused-ring (bicyclic) bond motifs is 1. The number of carbonyl (C=O) groups excluding carboxylic acids is 1. The van der Waals surface area contributed by atoms with Gasteiger partial charge in [-0.15, -0.1) is 0 Å². The molecule has 0 aromatic heterocycles. The molecule has 1 amide bonds. The fraction of sp³-hybridized carbons (Fsp3) is 0.107. The highest BCUT2D eigenvalue weighted by Crippen LogP contribution is 2.39. The Morgan fingerprint density at radius 2 is 1.92 bits per heavy atom. The van der Waals surface area contributed by atoms with Gasteiger partial charge in [-0.2, -0.15) is 4.99 Å². The summed E-state index contributed by atoms with van der Waals surface area (Å²) in [5.41, 5.74) is 4.97. The van der Waals surface area contributed by atoms with Gasteiger partial charge in [0.25, 0.3) is 5.91 Å². The molecule has 5 rings (SSSR count). The highest BCUT2D eigenvalue weighted by molar-refractivity contribution is 14.1. The SMILES string of the molecule is COc1cc(/C=C2/C(=N)N3C(c4ccccc4)=CSC3=NC2=O)cc(I)c1OCc1cccc(C)c1. The van der Waals surface area contributed by atoms with Crippen molar-refractivity contribution in [3.05, 3.63) is 104 Å². The van der Waals surface area contributed by atoms with Crippen molar-refractivity contribution in [1.29, 1.82) is 5.41 Å². The number of benzene rings is 3. The van der Waals surface area contributed by atoms with E-state index in [1.165, 1.54) is 17.3 Å². The quantitative estimate of drug-likeness (QED) is 0.256. The van der Waals surface area contributed by atoms with Crippen molar-refractivity contribution in [2.24, 2.45) is 4.99 Å². The molecule has 2 aliphatic heterocycles. The van der Waals surface area contributed by atoms with Crippen LogP contribution in [-0.4, -0.2) is 28.9 Å². The number of nitrogens with one attached hydrogen (secondary N) is 1. The molecular formula is C28H22IN3O3S. The third kappa shape index (κ3) is 4.83. The monoisotopic (exact) mass is 607 g/mol. The summed E-state index contributed by atoms with van der Waals surface area (Å²) in [5, 5.41) is 11.3. The van der Waals surface area contributed by atoms with Gasteiger partial charge >= 0.3 is 0 Å². The van der Waals surface area contributed by atoms with Crippen LogP contribution in [0.2, 0.25) is 0 Å². The summed E-state index contributed by atoms with van der Waals surface area (Å²) in [6.07, 6.45) is 1.69. The second-order valence-corrected chi connectivity index (χ2v) is 10.2. The minimum atomic E-state index is -0.435. The van der Waals surface area contributed by atoms with Crippen LogP contribution in [0.25, 0.3) is 11.8 Å². The predicted octanol–water partition coefficient (Wildman–Crippen LogP) is 6.49. The first-order valence-electron chi connectivity index (χ1n) is 11.2. The Balaban J connectivity index is 1.44. The summed E-state index contributed by atoms with van der Waals surface area (Å²) in [4.78, 5) is 18.8. The first-order chi connectivity index (χ1) is 17.4. The molecule has 2 aliphatic rings. The van der Waals surface area contributed by atoms with Crippen molar-refractivity contribution in [2.45, 2.75) is 13.5 Å². The molecule has 0 spiro atoms. The van der Waals surface area contributed by atoms with E-state index in [0.29, 0.717) is 23.3 Å². The summed E-state index contributed by atoms with van der Waals surface area (Å²) in [7, 11) is 1.59. The maximum absolute atomic E-state index is 12.9. The van der Waals surface area contributed by atoms with Crippen LogP contribution >= 0.6 is 34.4 Å². The molecule has 3 aromatic carbocycles. The number of hydrogen-bond donors (Lipinski definition) is 1. The normalized spacial score (nSPS) is 16.1. The van der Waals surface area contributed by atoms with Gasteiger partial charge in [-0.25, -0.2) is 0 Å². The van der Waals surface area contributed by atoms with Crippen LogP contribution in [0.4, 0.5) is 0 Å². The molecule has 6 nitrogen and oxygen atoms in total. The topological polar surface area (TPSA) is 75.0 Å². The van der Waals surface area contributed by atoms with Gasteiger partial charge in [0, 0.05) is 5.41 Å². The molecular weight excluding hydrogens is 585 g/mol. The Kier molecular flexibility index (Phi) is 6.97. The number of carbonyl (C=O) groups is 1. The Bertz CT molecular complexity index is 1460. The first-order valence-corrected chi connectivity index (χ1v) is 13.1. The first kappa shape index (κ1) is 24.3. The van der Waals surface area contributed by atoms with Crippen molar-refractivity contribution in [2.75, 3.05) is 7.11 Å². The van der Waals surface area contributed by atoms with Crippen LogP contribution in [0.15, 0.2) is 82.7 Å². The Hall–Kier alpha value is -3.37. The molecule has 0 saturated heterocycles. The third-order valence-electron chi connectivity index (χ3n) is 5.71. The standard InChI is InChI=1S/C28H22IN3O3S/c1-17-7-6-8-18(11-17)15-35-25-22(29)13-19(14-24(25)34-2)12-21-26(30)32-23(20-9-4-3-5-10-20)16-36-28(32)31-27(21)33/h3-14,16,30H,15H2,1-2H3/b21-12-,30-26?. The predicted molar refractivity (Wildman–Crippen MR) is 153 cm³/mol. The number of rotatable bonds is 6. The average molecular weight is 607 g/mol. The summed E-state index contributed by atoms with van der Waals surface area (Å²) in [6.45, 7) is 2.46.